The number of hydrogen-bond donors (Lipinski definition) is 0. The van der Waals surface area contributed by atoms with Crippen LogP contribution in [0.5, 0.6) is 5.75 Å². The summed E-state index contributed by atoms with van der Waals surface area (Å²) in [4.78, 5) is 12.6. The van der Waals surface area contributed by atoms with Crippen LogP contribution in [-0.4, -0.2) is 22.7 Å². The molecule has 4 heteroatoms. The summed E-state index contributed by atoms with van der Waals surface area (Å²) in [5, 5.41) is 4.45. The first-order chi connectivity index (χ1) is 11.8. The molecule has 0 amide bonds. The summed E-state index contributed by atoms with van der Waals surface area (Å²) in [6, 6.07) is 17.9. The SMILES string of the molecule is COc1ccc(C2CC(=O)c3cnn(-c4ccccc4)c3C2)cc1. The third-order valence-electron chi connectivity index (χ3n) is 4.63. The Bertz CT molecular complexity index is 866. The van der Waals surface area contributed by atoms with Gasteiger partial charge in [-0.1, -0.05) is 30.3 Å². The third-order valence-corrected chi connectivity index (χ3v) is 4.63. The highest BCUT2D eigenvalue weighted by atomic mass is 16.5. The van der Waals surface area contributed by atoms with E-state index in [2.05, 4.69) is 5.10 Å². The van der Waals surface area contributed by atoms with Crippen molar-refractivity contribution in [1.29, 1.82) is 0 Å². The van der Waals surface area contributed by atoms with Gasteiger partial charge in [-0.3, -0.25) is 4.79 Å². The van der Waals surface area contributed by atoms with E-state index in [1.165, 1.54) is 0 Å². The number of ether oxygens (including phenoxy) is 1. The van der Waals surface area contributed by atoms with Crippen LogP contribution in [-0.2, 0) is 6.42 Å². The van der Waals surface area contributed by atoms with Crippen molar-refractivity contribution < 1.29 is 9.53 Å². The summed E-state index contributed by atoms with van der Waals surface area (Å²) in [5.41, 5.74) is 3.90. The molecule has 0 aliphatic heterocycles. The van der Waals surface area contributed by atoms with Crippen LogP contribution in [0.3, 0.4) is 0 Å². The first-order valence-electron chi connectivity index (χ1n) is 8.05. The second-order valence-corrected chi connectivity index (χ2v) is 6.05. The zero-order valence-electron chi connectivity index (χ0n) is 13.5. The maximum atomic E-state index is 12.6. The molecule has 1 aromatic heterocycles. The molecule has 24 heavy (non-hydrogen) atoms. The van der Waals surface area contributed by atoms with Gasteiger partial charge in [-0.15, -0.1) is 0 Å². The zero-order chi connectivity index (χ0) is 16.5. The Balaban J connectivity index is 1.70. The van der Waals surface area contributed by atoms with Gasteiger partial charge in [0.15, 0.2) is 5.78 Å². The molecule has 0 saturated heterocycles. The molecule has 1 atom stereocenters. The summed E-state index contributed by atoms with van der Waals surface area (Å²) in [6.45, 7) is 0. The number of rotatable bonds is 3. The molecule has 0 saturated carbocycles. The van der Waals surface area contributed by atoms with E-state index in [0.29, 0.717) is 6.42 Å². The number of nitrogens with zero attached hydrogens (tertiary/aromatic N) is 2. The van der Waals surface area contributed by atoms with E-state index in [0.717, 1.165) is 34.7 Å². The van der Waals surface area contributed by atoms with Gasteiger partial charge in [0, 0.05) is 6.42 Å². The fourth-order valence-corrected chi connectivity index (χ4v) is 3.35. The van der Waals surface area contributed by atoms with Crippen LogP contribution in [0.4, 0.5) is 0 Å². The van der Waals surface area contributed by atoms with Gasteiger partial charge in [-0.25, -0.2) is 4.68 Å². The molecular formula is C20H18N2O2. The quantitative estimate of drug-likeness (QED) is 0.738. The minimum absolute atomic E-state index is 0.166. The average Bonchev–Trinajstić information content (AvgIpc) is 3.07. The molecule has 0 N–H and O–H groups in total. The van der Waals surface area contributed by atoms with Crippen LogP contribution in [0.1, 0.15) is 34.0 Å². The Morgan fingerprint density at radius 3 is 2.50 bits per heavy atom. The van der Waals surface area contributed by atoms with Crippen molar-refractivity contribution in [2.24, 2.45) is 0 Å². The highest BCUT2D eigenvalue weighted by Crippen LogP contribution is 2.34. The summed E-state index contributed by atoms with van der Waals surface area (Å²) >= 11 is 0. The first kappa shape index (κ1) is 14.7. The lowest BCUT2D eigenvalue weighted by Crippen LogP contribution is -2.20. The number of methoxy groups -OCH3 is 1. The second kappa shape index (κ2) is 5.96. The number of ketones is 1. The zero-order valence-corrected chi connectivity index (χ0v) is 13.5. The normalized spacial score (nSPS) is 16.7. The summed E-state index contributed by atoms with van der Waals surface area (Å²) in [6.07, 6.45) is 3.04. The summed E-state index contributed by atoms with van der Waals surface area (Å²) in [5.74, 6) is 1.17. The predicted molar refractivity (Wildman–Crippen MR) is 92.0 cm³/mol. The van der Waals surface area contributed by atoms with E-state index in [1.807, 2.05) is 59.3 Å². The van der Waals surface area contributed by atoms with Crippen LogP contribution in [0, 0.1) is 0 Å². The van der Waals surface area contributed by atoms with Crippen LogP contribution in [0.2, 0.25) is 0 Å². The smallest absolute Gasteiger partial charge is 0.166 e. The Labute approximate surface area is 140 Å². The van der Waals surface area contributed by atoms with E-state index in [9.17, 15) is 4.79 Å². The van der Waals surface area contributed by atoms with Crippen LogP contribution in [0.25, 0.3) is 5.69 Å². The number of benzene rings is 2. The maximum absolute atomic E-state index is 12.6. The molecule has 1 aliphatic carbocycles. The maximum Gasteiger partial charge on any atom is 0.166 e. The minimum atomic E-state index is 0.166. The number of hydrogen-bond acceptors (Lipinski definition) is 3. The minimum Gasteiger partial charge on any atom is -0.497 e. The number of Topliss-reactive ketones (excluding diaryl/α,β-unsaturated/α-hetero) is 1. The lowest BCUT2D eigenvalue weighted by Gasteiger charge is -2.23. The molecule has 120 valence electrons. The van der Waals surface area contributed by atoms with E-state index in [-0.39, 0.29) is 11.7 Å². The molecule has 0 fully saturated rings. The van der Waals surface area contributed by atoms with Gasteiger partial charge in [0.25, 0.3) is 0 Å². The molecule has 0 spiro atoms. The number of carbonyl (C=O) groups excluding carboxylic acids is 1. The number of carbonyl (C=O) groups is 1. The molecule has 3 aromatic rings. The second-order valence-electron chi connectivity index (χ2n) is 6.05. The largest absolute Gasteiger partial charge is 0.497 e. The van der Waals surface area contributed by atoms with Crippen molar-refractivity contribution >= 4 is 5.78 Å². The van der Waals surface area contributed by atoms with Crippen LogP contribution >= 0.6 is 0 Å². The van der Waals surface area contributed by atoms with Crippen LogP contribution in [0.15, 0.2) is 60.8 Å². The van der Waals surface area contributed by atoms with E-state index < -0.39 is 0 Å². The first-order valence-corrected chi connectivity index (χ1v) is 8.05. The number of para-hydroxylation sites is 1. The van der Waals surface area contributed by atoms with Crippen LogP contribution < -0.4 is 4.74 Å². The van der Waals surface area contributed by atoms with Crippen molar-refractivity contribution in [3.8, 4) is 11.4 Å². The van der Waals surface area contributed by atoms with Crippen molar-refractivity contribution in [3.63, 3.8) is 0 Å². The third kappa shape index (κ3) is 2.50. The van der Waals surface area contributed by atoms with Crippen molar-refractivity contribution in [2.75, 3.05) is 7.11 Å². The molecule has 0 bridgehead atoms. The summed E-state index contributed by atoms with van der Waals surface area (Å²) < 4.78 is 7.11. The standard InChI is InChI=1S/C20H18N2O2/c1-24-17-9-7-14(8-10-17)15-11-19-18(20(23)12-15)13-21-22(19)16-5-3-2-4-6-16/h2-10,13,15H,11-12H2,1H3. The fraction of sp³-hybridized carbons (Fsp3) is 0.200. The van der Waals surface area contributed by atoms with Gasteiger partial charge >= 0.3 is 0 Å². The molecule has 4 rings (SSSR count). The van der Waals surface area contributed by atoms with E-state index in [4.69, 9.17) is 4.74 Å². The Morgan fingerprint density at radius 2 is 1.79 bits per heavy atom. The summed E-state index contributed by atoms with van der Waals surface area (Å²) in [7, 11) is 1.66. The molecular weight excluding hydrogens is 300 g/mol. The topological polar surface area (TPSA) is 44.1 Å². The molecule has 2 aromatic carbocycles. The Morgan fingerprint density at radius 1 is 1.04 bits per heavy atom. The highest BCUT2D eigenvalue weighted by molar-refractivity contribution is 5.98. The number of fused-ring (bicyclic) bond motifs is 1. The fourth-order valence-electron chi connectivity index (χ4n) is 3.35. The molecule has 1 unspecified atom stereocenters. The van der Waals surface area contributed by atoms with Gasteiger partial charge < -0.3 is 4.74 Å². The Kier molecular flexibility index (Phi) is 3.65. The number of aromatic nitrogens is 2. The molecule has 1 heterocycles. The molecule has 0 radical (unpaired) electrons. The average molecular weight is 318 g/mol. The van der Waals surface area contributed by atoms with Gasteiger partial charge in [-0.05, 0) is 42.2 Å². The van der Waals surface area contributed by atoms with Crippen molar-refractivity contribution in [2.45, 2.75) is 18.8 Å². The molecule has 1 aliphatic rings. The monoisotopic (exact) mass is 318 g/mol. The van der Waals surface area contributed by atoms with E-state index >= 15 is 0 Å². The lowest BCUT2D eigenvalue weighted by molar-refractivity contribution is 0.0964. The van der Waals surface area contributed by atoms with Gasteiger partial charge in [0.1, 0.15) is 5.75 Å². The van der Waals surface area contributed by atoms with Crippen molar-refractivity contribution in [1.82, 2.24) is 9.78 Å². The predicted octanol–water partition coefficient (Wildman–Crippen LogP) is 3.79. The van der Waals surface area contributed by atoms with Gasteiger partial charge in [0.2, 0.25) is 0 Å². The highest BCUT2D eigenvalue weighted by Gasteiger charge is 2.30. The molecule has 4 nitrogen and oxygen atoms in total. The van der Waals surface area contributed by atoms with E-state index in [1.54, 1.807) is 13.3 Å². The van der Waals surface area contributed by atoms with Crippen molar-refractivity contribution in [3.05, 3.63) is 77.6 Å². The van der Waals surface area contributed by atoms with Gasteiger partial charge in [-0.2, -0.15) is 5.10 Å². The Hall–Kier alpha value is -2.88. The van der Waals surface area contributed by atoms with Gasteiger partial charge in [0.05, 0.1) is 30.3 Å². The lowest BCUT2D eigenvalue weighted by atomic mass is 9.82.